The number of carbonyl (C=O) groups excluding carboxylic acids is 3. The molecule has 3 amide bonds. The molecule has 2 N–H and O–H groups in total. The van der Waals surface area contributed by atoms with Crippen molar-refractivity contribution in [2.45, 2.75) is 71.3 Å². The number of ether oxygens (including phenoxy) is 2. The molecule has 3 heterocycles. The van der Waals surface area contributed by atoms with Crippen molar-refractivity contribution in [2.24, 2.45) is 4.99 Å². The highest BCUT2D eigenvalue weighted by atomic mass is 19.3. The largest absolute Gasteiger partial charge is 0.443 e. The summed E-state index contributed by atoms with van der Waals surface area (Å²) >= 11 is 0. The van der Waals surface area contributed by atoms with Gasteiger partial charge >= 0.3 is 18.1 Å². The number of amides is 3. The highest BCUT2D eigenvalue weighted by molar-refractivity contribution is 5.90. The lowest BCUT2D eigenvalue weighted by Crippen LogP contribution is -2.51. The molecule has 0 aliphatic heterocycles. The molecule has 0 spiro atoms. The molecule has 4 aromatic rings. The van der Waals surface area contributed by atoms with E-state index in [2.05, 4.69) is 20.3 Å². The van der Waals surface area contributed by atoms with Gasteiger partial charge in [0, 0.05) is 24.0 Å². The summed E-state index contributed by atoms with van der Waals surface area (Å²) in [6, 6.07) is 14.9. The van der Waals surface area contributed by atoms with Gasteiger partial charge in [0.05, 0.1) is 17.7 Å². The van der Waals surface area contributed by atoms with E-state index in [4.69, 9.17) is 9.47 Å². The Bertz CT molecular complexity index is 1970. The van der Waals surface area contributed by atoms with Gasteiger partial charge in [0.15, 0.2) is 5.49 Å². The predicted molar refractivity (Wildman–Crippen MR) is 176 cm³/mol. The molecular formula is C35H37F2N7O6. The van der Waals surface area contributed by atoms with E-state index >= 15 is 0 Å². The Balaban J connectivity index is 1.76. The van der Waals surface area contributed by atoms with Crippen molar-refractivity contribution < 1.29 is 37.8 Å². The minimum Gasteiger partial charge on any atom is -0.443 e. The van der Waals surface area contributed by atoms with Crippen LogP contribution in [0.5, 0.6) is 0 Å². The van der Waals surface area contributed by atoms with Crippen LogP contribution < -0.4 is 10.8 Å². The molecule has 0 aliphatic carbocycles. The third-order valence-electron chi connectivity index (χ3n) is 6.83. The van der Waals surface area contributed by atoms with Crippen LogP contribution in [0.25, 0.3) is 10.8 Å². The molecule has 50 heavy (non-hydrogen) atoms. The van der Waals surface area contributed by atoms with Gasteiger partial charge in [-0.1, -0.05) is 18.2 Å². The number of nitriles is 1. The summed E-state index contributed by atoms with van der Waals surface area (Å²) in [5.41, 5.74) is -3.21. The van der Waals surface area contributed by atoms with Crippen LogP contribution in [0.1, 0.15) is 70.2 Å². The summed E-state index contributed by atoms with van der Waals surface area (Å²) < 4.78 is 41.0. The average molecular weight is 690 g/mol. The number of nitrogens with one attached hydrogen (secondary N) is 1. The number of nitrogens with zero attached hydrogens (tertiary/aromatic N) is 6. The number of fused-ring (bicyclic) bond motifs is 1. The predicted octanol–water partition coefficient (Wildman–Crippen LogP) is 5.76. The molecule has 262 valence electrons. The lowest BCUT2D eigenvalue weighted by molar-refractivity contribution is -0.122. The molecule has 1 unspecified atom stereocenters. The first-order valence-electron chi connectivity index (χ1n) is 15.4. The maximum Gasteiger partial charge on any atom is 0.421 e. The zero-order valence-corrected chi connectivity index (χ0v) is 28.3. The van der Waals surface area contributed by atoms with Gasteiger partial charge in [-0.15, -0.1) is 0 Å². The molecule has 0 fully saturated rings. The van der Waals surface area contributed by atoms with E-state index in [1.54, 1.807) is 78.2 Å². The Morgan fingerprint density at radius 1 is 0.980 bits per heavy atom. The Hall–Kier alpha value is -5.91. The van der Waals surface area contributed by atoms with Crippen LogP contribution in [-0.2, 0) is 26.6 Å². The van der Waals surface area contributed by atoms with E-state index in [1.165, 1.54) is 24.4 Å². The number of imide groups is 1. The molecule has 0 bridgehead atoms. The van der Waals surface area contributed by atoms with Crippen molar-refractivity contribution in [3.05, 3.63) is 101 Å². The molecule has 0 saturated carbocycles. The van der Waals surface area contributed by atoms with Crippen molar-refractivity contribution in [3.8, 4) is 6.07 Å². The normalized spacial score (nSPS) is 12.9. The van der Waals surface area contributed by atoms with Crippen molar-refractivity contribution in [1.29, 1.82) is 5.26 Å². The molecule has 1 aromatic carbocycles. The van der Waals surface area contributed by atoms with Gasteiger partial charge in [0.2, 0.25) is 5.91 Å². The number of alkyl halides is 2. The van der Waals surface area contributed by atoms with Gasteiger partial charge in [0.1, 0.15) is 35.7 Å². The first kappa shape index (κ1) is 36.9. The van der Waals surface area contributed by atoms with E-state index in [-0.39, 0.29) is 22.3 Å². The van der Waals surface area contributed by atoms with Crippen molar-refractivity contribution >= 4 is 28.9 Å². The van der Waals surface area contributed by atoms with Crippen LogP contribution in [0.15, 0.2) is 78.2 Å². The topological polar surface area (TPSA) is 172 Å². The number of pyridine rings is 3. The number of halogens is 2. The molecule has 1 atom stereocenters. The van der Waals surface area contributed by atoms with Crippen molar-refractivity contribution in [1.82, 2.24) is 24.9 Å². The summed E-state index contributed by atoms with van der Waals surface area (Å²) in [7, 11) is 0. The Labute approximate surface area is 286 Å². The second-order valence-electron chi connectivity index (χ2n) is 13.2. The standard InChI is InChI=1S/C35H37F2N7O6/c1-33(2,3)49-31(46)43(32(47)50-34(4,5)6)30(23-11-10-22-14-16-39-20-25(22)17-23)42-29(45)18-26-24(19-38)12-13-28(44(26)48)41-21-35(36,37)27-9-7-8-15-40-27/h7-17,20,30,48H,18,21H2,1-6H3,(H,42,45). The lowest BCUT2D eigenvalue weighted by atomic mass is 10.1. The van der Waals surface area contributed by atoms with Crippen LogP contribution >= 0.6 is 0 Å². The summed E-state index contributed by atoms with van der Waals surface area (Å²) in [5.74, 6) is -4.37. The third kappa shape index (κ3) is 9.37. The first-order chi connectivity index (χ1) is 23.4. The monoisotopic (exact) mass is 689 g/mol. The quantitative estimate of drug-likeness (QED) is 0.172. The maximum atomic E-state index is 14.8. The van der Waals surface area contributed by atoms with Gasteiger partial charge in [-0.25, -0.2) is 9.59 Å². The fourth-order valence-corrected chi connectivity index (χ4v) is 4.64. The van der Waals surface area contributed by atoms with Crippen LogP contribution in [0.2, 0.25) is 0 Å². The summed E-state index contributed by atoms with van der Waals surface area (Å²) in [5, 5.41) is 24.8. The number of hydrogen-bond acceptors (Lipinski definition) is 10. The lowest BCUT2D eigenvalue weighted by Gasteiger charge is -2.34. The van der Waals surface area contributed by atoms with E-state index in [0.717, 1.165) is 17.5 Å². The molecule has 0 radical (unpaired) electrons. The molecule has 4 rings (SSSR count). The average Bonchev–Trinajstić information content (AvgIpc) is 3.03. The zero-order valence-electron chi connectivity index (χ0n) is 28.3. The van der Waals surface area contributed by atoms with E-state index in [9.17, 15) is 33.6 Å². The third-order valence-corrected chi connectivity index (χ3v) is 6.83. The Morgan fingerprint density at radius 3 is 2.26 bits per heavy atom. The highest BCUT2D eigenvalue weighted by Gasteiger charge is 2.39. The molecule has 13 nitrogen and oxygen atoms in total. The van der Waals surface area contributed by atoms with Crippen LogP contribution in [0.4, 0.5) is 18.4 Å². The van der Waals surface area contributed by atoms with Gasteiger partial charge in [-0.05, 0) is 88.9 Å². The number of rotatable bonds is 8. The summed E-state index contributed by atoms with van der Waals surface area (Å²) in [6.07, 6.45) is -0.139. The minimum absolute atomic E-state index is 0.164. The molecular weight excluding hydrogens is 652 g/mol. The van der Waals surface area contributed by atoms with Gasteiger partial charge in [-0.2, -0.15) is 23.7 Å². The fourth-order valence-electron chi connectivity index (χ4n) is 4.64. The van der Waals surface area contributed by atoms with E-state index < -0.39 is 60.0 Å². The smallest absolute Gasteiger partial charge is 0.421 e. The summed E-state index contributed by atoms with van der Waals surface area (Å²) in [6.45, 7) is 8.49. The SMILES string of the molecule is CC(C)(C)OC(=O)N(C(=O)OC(C)(C)C)C(NC(=O)Cc1c(C#N)ccc(=NCC(F)(F)c2ccccn2)n1O)c1ccc2ccncc2c1. The molecule has 0 saturated heterocycles. The second-order valence-corrected chi connectivity index (χ2v) is 13.2. The van der Waals surface area contributed by atoms with Gasteiger partial charge < -0.3 is 20.0 Å². The molecule has 15 heteroatoms. The molecule has 3 aromatic heterocycles. The Morgan fingerprint density at radius 2 is 1.66 bits per heavy atom. The number of hydrogen-bond donors (Lipinski definition) is 2. The van der Waals surface area contributed by atoms with Crippen molar-refractivity contribution in [2.75, 3.05) is 6.54 Å². The molecule has 0 aliphatic rings. The highest BCUT2D eigenvalue weighted by Crippen LogP contribution is 2.28. The second kappa shape index (κ2) is 14.7. The number of benzene rings is 1. The first-order valence-corrected chi connectivity index (χ1v) is 15.4. The van der Waals surface area contributed by atoms with Gasteiger partial charge in [0.25, 0.3) is 0 Å². The van der Waals surface area contributed by atoms with Crippen LogP contribution in [0, 0.1) is 11.3 Å². The number of carbonyl (C=O) groups is 3. The van der Waals surface area contributed by atoms with Crippen LogP contribution in [-0.4, -0.2) is 60.6 Å². The minimum atomic E-state index is -3.49. The van der Waals surface area contributed by atoms with E-state index in [0.29, 0.717) is 15.0 Å². The van der Waals surface area contributed by atoms with Crippen LogP contribution in [0.3, 0.4) is 0 Å². The Kier molecular flexibility index (Phi) is 10.8. The fraction of sp³-hybridized carbons (Fsp3) is 0.343. The summed E-state index contributed by atoms with van der Waals surface area (Å²) in [4.78, 5) is 53.3. The van der Waals surface area contributed by atoms with Gasteiger partial charge in [-0.3, -0.25) is 19.8 Å². The maximum absolute atomic E-state index is 14.8. The van der Waals surface area contributed by atoms with Crippen molar-refractivity contribution in [3.63, 3.8) is 0 Å². The zero-order chi connectivity index (χ0) is 36.9. The number of aromatic nitrogens is 3. The van der Waals surface area contributed by atoms with E-state index in [1.807, 2.05) is 6.07 Å².